The van der Waals surface area contributed by atoms with Crippen LogP contribution in [0, 0.1) is 0 Å². The topological polar surface area (TPSA) is 83.6 Å². The summed E-state index contributed by atoms with van der Waals surface area (Å²) >= 11 is 0. The lowest BCUT2D eigenvalue weighted by Gasteiger charge is -2.19. The molecule has 0 aliphatic carbocycles. The van der Waals surface area contributed by atoms with E-state index in [2.05, 4.69) is 0 Å². The van der Waals surface area contributed by atoms with Crippen LogP contribution in [-0.4, -0.2) is 35.5 Å². The summed E-state index contributed by atoms with van der Waals surface area (Å²) in [7, 11) is 1.67. The van der Waals surface area contributed by atoms with Gasteiger partial charge < -0.3 is 15.7 Å². The second-order valence-corrected chi connectivity index (χ2v) is 4.53. The summed E-state index contributed by atoms with van der Waals surface area (Å²) in [6, 6.07) is 9.13. The fourth-order valence-electron chi connectivity index (χ4n) is 1.75. The molecule has 0 spiro atoms. The van der Waals surface area contributed by atoms with Crippen molar-refractivity contribution in [2.75, 3.05) is 13.6 Å². The summed E-state index contributed by atoms with van der Waals surface area (Å²) < 4.78 is 0. The van der Waals surface area contributed by atoms with E-state index >= 15 is 0 Å². The molecule has 0 saturated carbocycles. The molecule has 1 aromatic carbocycles. The Morgan fingerprint density at radius 2 is 1.95 bits per heavy atom. The molecule has 0 heterocycles. The third-order valence-corrected chi connectivity index (χ3v) is 2.93. The maximum atomic E-state index is 11.9. The average molecular weight is 264 g/mol. The van der Waals surface area contributed by atoms with Crippen LogP contribution in [0.25, 0.3) is 0 Å². The Hall–Kier alpha value is -1.88. The maximum Gasteiger partial charge on any atom is 0.303 e. The van der Waals surface area contributed by atoms with Crippen molar-refractivity contribution in [3.8, 4) is 0 Å². The maximum absolute atomic E-state index is 11.9. The number of carboxylic acids is 1. The molecule has 0 fully saturated rings. The Kier molecular flexibility index (Phi) is 6.02. The number of nitrogens with two attached hydrogens (primary N) is 1. The molecule has 3 N–H and O–H groups in total. The molecule has 0 radical (unpaired) electrons. The molecule has 5 nitrogen and oxygen atoms in total. The lowest BCUT2D eigenvalue weighted by molar-refractivity contribution is -0.138. The Bertz CT molecular complexity index is 420. The van der Waals surface area contributed by atoms with Crippen molar-refractivity contribution in [1.29, 1.82) is 0 Å². The number of amides is 1. The van der Waals surface area contributed by atoms with Gasteiger partial charge in [0.05, 0.1) is 0 Å². The van der Waals surface area contributed by atoms with E-state index in [1.165, 1.54) is 4.90 Å². The molecule has 1 atom stereocenters. The van der Waals surface area contributed by atoms with Gasteiger partial charge in [0.1, 0.15) is 0 Å². The molecule has 1 unspecified atom stereocenters. The van der Waals surface area contributed by atoms with Crippen LogP contribution in [0.15, 0.2) is 30.3 Å². The summed E-state index contributed by atoms with van der Waals surface area (Å²) in [4.78, 5) is 23.8. The van der Waals surface area contributed by atoms with Crippen molar-refractivity contribution < 1.29 is 14.7 Å². The van der Waals surface area contributed by atoms with Gasteiger partial charge in [-0.2, -0.15) is 0 Å². The van der Waals surface area contributed by atoms with Crippen molar-refractivity contribution in [1.82, 2.24) is 4.90 Å². The minimum absolute atomic E-state index is 0.0678. The highest BCUT2D eigenvalue weighted by Gasteiger charge is 2.15. The normalized spacial score (nSPS) is 11.9. The standard InChI is InChI=1S/C14H20N2O3/c1-16(9-5-8-14(18)19)13(17)10-12(15)11-6-3-2-4-7-11/h2-4,6-7,12H,5,8-10,15H2,1H3,(H,18,19). The summed E-state index contributed by atoms with van der Waals surface area (Å²) in [6.07, 6.45) is 0.758. The number of carbonyl (C=O) groups is 2. The highest BCUT2D eigenvalue weighted by molar-refractivity contribution is 5.76. The monoisotopic (exact) mass is 264 g/mol. The van der Waals surface area contributed by atoms with Crippen LogP contribution in [0.4, 0.5) is 0 Å². The Morgan fingerprint density at radius 1 is 1.32 bits per heavy atom. The van der Waals surface area contributed by atoms with Gasteiger partial charge in [-0.05, 0) is 12.0 Å². The summed E-state index contributed by atoms with van der Waals surface area (Å²) in [5.74, 6) is -0.913. The van der Waals surface area contributed by atoms with Crippen LogP contribution < -0.4 is 5.73 Å². The van der Waals surface area contributed by atoms with E-state index in [0.29, 0.717) is 13.0 Å². The van der Waals surface area contributed by atoms with Crippen LogP contribution in [-0.2, 0) is 9.59 Å². The van der Waals surface area contributed by atoms with Crippen molar-refractivity contribution in [3.63, 3.8) is 0 Å². The fourth-order valence-corrected chi connectivity index (χ4v) is 1.75. The zero-order valence-corrected chi connectivity index (χ0v) is 11.1. The van der Waals surface area contributed by atoms with Crippen LogP contribution in [0.5, 0.6) is 0 Å². The molecule has 1 aromatic rings. The van der Waals surface area contributed by atoms with E-state index in [9.17, 15) is 9.59 Å². The SMILES string of the molecule is CN(CCCC(=O)O)C(=O)CC(N)c1ccccc1. The summed E-state index contributed by atoms with van der Waals surface area (Å²) in [5, 5.41) is 8.54. The van der Waals surface area contributed by atoms with Crippen LogP contribution in [0.1, 0.15) is 30.9 Å². The smallest absolute Gasteiger partial charge is 0.303 e. The second kappa shape index (κ2) is 7.53. The van der Waals surface area contributed by atoms with Gasteiger partial charge in [0, 0.05) is 32.5 Å². The molecular weight excluding hydrogens is 244 g/mol. The summed E-state index contributed by atoms with van der Waals surface area (Å²) in [6.45, 7) is 0.437. The van der Waals surface area contributed by atoms with E-state index in [1.807, 2.05) is 30.3 Å². The number of aliphatic carboxylic acids is 1. The molecule has 5 heteroatoms. The van der Waals surface area contributed by atoms with Gasteiger partial charge in [0.15, 0.2) is 0 Å². The largest absolute Gasteiger partial charge is 0.481 e. The number of hydrogen-bond donors (Lipinski definition) is 2. The zero-order valence-electron chi connectivity index (χ0n) is 11.1. The first-order chi connectivity index (χ1) is 9.00. The van der Waals surface area contributed by atoms with E-state index in [0.717, 1.165) is 5.56 Å². The van der Waals surface area contributed by atoms with Gasteiger partial charge in [-0.3, -0.25) is 9.59 Å². The highest BCUT2D eigenvalue weighted by atomic mass is 16.4. The van der Waals surface area contributed by atoms with Crippen LogP contribution in [0.2, 0.25) is 0 Å². The van der Waals surface area contributed by atoms with E-state index in [1.54, 1.807) is 7.05 Å². The van der Waals surface area contributed by atoms with Gasteiger partial charge in [0.2, 0.25) is 5.91 Å². The Labute approximate surface area is 113 Å². The minimum atomic E-state index is -0.846. The number of nitrogens with zero attached hydrogens (tertiary/aromatic N) is 1. The third-order valence-electron chi connectivity index (χ3n) is 2.93. The molecule has 1 rings (SSSR count). The molecule has 0 saturated heterocycles. The number of rotatable bonds is 7. The highest BCUT2D eigenvalue weighted by Crippen LogP contribution is 2.14. The number of carbonyl (C=O) groups excluding carboxylic acids is 1. The van der Waals surface area contributed by atoms with Gasteiger partial charge in [0.25, 0.3) is 0 Å². The van der Waals surface area contributed by atoms with Gasteiger partial charge in [-0.15, -0.1) is 0 Å². The molecule has 0 aromatic heterocycles. The number of carboxylic acid groups (broad SMARTS) is 1. The average Bonchev–Trinajstić information content (AvgIpc) is 2.39. The van der Waals surface area contributed by atoms with Crippen molar-refractivity contribution in [3.05, 3.63) is 35.9 Å². The summed E-state index contributed by atoms with van der Waals surface area (Å²) in [5.41, 5.74) is 6.89. The quantitative estimate of drug-likeness (QED) is 0.779. The van der Waals surface area contributed by atoms with Gasteiger partial charge >= 0.3 is 5.97 Å². The molecule has 0 bridgehead atoms. The van der Waals surface area contributed by atoms with Gasteiger partial charge in [-0.25, -0.2) is 0 Å². The van der Waals surface area contributed by atoms with E-state index in [-0.39, 0.29) is 24.8 Å². The molecular formula is C14H20N2O3. The first-order valence-corrected chi connectivity index (χ1v) is 6.27. The second-order valence-electron chi connectivity index (χ2n) is 4.53. The fraction of sp³-hybridized carbons (Fsp3) is 0.429. The molecule has 1 amide bonds. The molecule has 104 valence electrons. The van der Waals surface area contributed by atoms with Crippen molar-refractivity contribution >= 4 is 11.9 Å². The molecule has 19 heavy (non-hydrogen) atoms. The lowest BCUT2D eigenvalue weighted by Crippen LogP contribution is -2.31. The van der Waals surface area contributed by atoms with E-state index < -0.39 is 5.97 Å². The lowest BCUT2D eigenvalue weighted by atomic mass is 10.0. The first kappa shape index (κ1) is 15.2. The van der Waals surface area contributed by atoms with Crippen LogP contribution >= 0.6 is 0 Å². The van der Waals surface area contributed by atoms with E-state index in [4.69, 9.17) is 10.8 Å². The number of hydrogen-bond acceptors (Lipinski definition) is 3. The first-order valence-electron chi connectivity index (χ1n) is 6.27. The van der Waals surface area contributed by atoms with Gasteiger partial charge in [-0.1, -0.05) is 30.3 Å². The number of benzene rings is 1. The van der Waals surface area contributed by atoms with Crippen molar-refractivity contribution in [2.24, 2.45) is 5.73 Å². The van der Waals surface area contributed by atoms with Crippen LogP contribution in [0.3, 0.4) is 0 Å². The minimum Gasteiger partial charge on any atom is -0.481 e. The predicted octanol–water partition coefficient (Wildman–Crippen LogP) is 1.40. The Balaban J connectivity index is 2.39. The third kappa shape index (κ3) is 5.52. The molecule has 0 aliphatic rings. The Morgan fingerprint density at radius 3 is 2.53 bits per heavy atom. The molecule has 0 aliphatic heterocycles. The van der Waals surface area contributed by atoms with Crippen molar-refractivity contribution in [2.45, 2.75) is 25.3 Å². The zero-order chi connectivity index (χ0) is 14.3. The predicted molar refractivity (Wildman–Crippen MR) is 72.5 cm³/mol.